The Labute approximate surface area is 194 Å². The Kier molecular flexibility index (Phi) is 7.18. The molecule has 0 saturated carbocycles. The molecule has 3 N–H and O–H groups in total. The predicted octanol–water partition coefficient (Wildman–Crippen LogP) is 4.22. The van der Waals surface area contributed by atoms with Crippen LogP contribution in [0.15, 0.2) is 48.5 Å². The molecule has 0 bridgehead atoms. The van der Waals surface area contributed by atoms with Crippen LogP contribution in [0.25, 0.3) is 11.1 Å². The molecule has 0 saturated heterocycles. The molecule has 0 aromatic heterocycles. The number of ether oxygens (including phenoxy) is 1. The summed E-state index contributed by atoms with van der Waals surface area (Å²) in [7, 11) is 0. The van der Waals surface area contributed by atoms with Gasteiger partial charge in [0.25, 0.3) is 0 Å². The summed E-state index contributed by atoms with van der Waals surface area (Å²) in [6, 6.07) is 14.0. The van der Waals surface area contributed by atoms with E-state index in [1.54, 1.807) is 6.92 Å². The molecule has 0 aliphatic heterocycles. The smallest absolute Gasteiger partial charge is 0.422 e. The summed E-state index contributed by atoms with van der Waals surface area (Å²) in [6.45, 7) is 1.97. The molecular formula is C24H25F3N2O5. The lowest BCUT2D eigenvalue weighted by Gasteiger charge is -2.30. The quantitative estimate of drug-likeness (QED) is 0.527. The number of carbonyl (C=O) groups is 3. The first kappa shape index (κ1) is 25.1. The third kappa shape index (κ3) is 4.85. The Bertz CT molecular complexity index is 1040. The highest BCUT2D eigenvalue weighted by atomic mass is 19.4. The molecule has 2 aromatic carbocycles. The van der Waals surface area contributed by atoms with Gasteiger partial charge in [-0.1, -0.05) is 61.9 Å². The number of halogens is 3. The summed E-state index contributed by atoms with van der Waals surface area (Å²) in [5, 5.41) is 12.8. The highest BCUT2D eigenvalue weighted by Crippen LogP contribution is 2.44. The van der Waals surface area contributed by atoms with E-state index in [1.165, 1.54) is 5.32 Å². The summed E-state index contributed by atoms with van der Waals surface area (Å²) in [4.78, 5) is 36.1. The maximum absolute atomic E-state index is 13.3. The van der Waals surface area contributed by atoms with Crippen LogP contribution in [0.1, 0.15) is 43.7 Å². The van der Waals surface area contributed by atoms with Crippen LogP contribution in [0, 0.1) is 0 Å². The number of carboxylic acid groups (broad SMARTS) is 1. The van der Waals surface area contributed by atoms with Crippen LogP contribution in [0.5, 0.6) is 0 Å². The van der Waals surface area contributed by atoms with Crippen molar-refractivity contribution in [2.45, 2.75) is 50.4 Å². The molecule has 0 heterocycles. The van der Waals surface area contributed by atoms with Gasteiger partial charge in [0, 0.05) is 5.92 Å². The van der Waals surface area contributed by atoms with Crippen LogP contribution in [0.4, 0.5) is 18.0 Å². The second-order valence-electron chi connectivity index (χ2n) is 8.23. The SMILES string of the molecule is CCC[C@@H](NC(=O)OCC1c2ccccc2-c2ccccc21)C(=O)NC(C)(C(=O)O)C(F)(F)F. The van der Waals surface area contributed by atoms with Gasteiger partial charge in [-0.05, 0) is 35.6 Å². The third-order valence-electron chi connectivity index (χ3n) is 5.90. The van der Waals surface area contributed by atoms with Crippen LogP contribution in [0.3, 0.4) is 0 Å². The first-order valence-corrected chi connectivity index (χ1v) is 10.7. The number of alkyl halides is 3. The van der Waals surface area contributed by atoms with Crippen molar-refractivity contribution in [3.63, 3.8) is 0 Å². The van der Waals surface area contributed by atoms with E-state index in [9.17, 15) is 27.6 Å². The van der Waals surface area contributed by atoms with Gasteiger partial charge in [-0.25, -0.2) is 9.59 Å². The fourth-order valence-electron chi connectivity index (χ4n) is 3.92. The van der Waals surface area contributed by atoms with Crippen molar-refractivity contribution in [1.29, 1.82) is 0 Å². The van der Waals surface area contributed by atoms with Gasteiger partial charge >= 0.3 is 18.2 Å². The minimum absolute atomic E-state index is 0.0103. The number of fused-ring (bicyclic) bond motifs is 3. The lowest BCUT2D eigenvalue weighted by atomic mass is 9.98. The summed E-state index contributed by atoms with van der Waals surface area (Å²) in [6.07, 6.45) is -5.89. The van der Waals surface area contributed by atoms with Crippen molar-refractivity contribution in [3.05, 3.63) is 59.7 Å². The Morgan fingerprint density at radius 1 is 1.03 bits per heavy atom. The van der Waals surface area contributed by atoms with Gasteiger partial charge in [-0.3, -0.25) is 4.79 Å². The molecule has 0 radical (unpaired) electrons. The molecule has 2 atom stereocenters. The molecule has 2 aromatic rings. The van der Waals surface area contributed by atoms with E-state index < -0.39 is 35.7 Å². The van der Waals surface area contributed by atoms with E-state index in [1.807, 2.05) is 48.5 Å². The van der Waals surface area contributed by atoms with Gasteiger partial charge in [-0.15, -0.1) is 0 Å². The minimum atomic E-state index is -5.24. The highest BCUT2D eigenvalue weighted by molar-refractivity contribution is 5.91. The fourth-order valence-corrected chi connectivity index (χ4v) is 3.92. The molecule has 182 valence electrons. The highest BCUT2D eigenvalue weighted by Gasteiger charge is 2.58. The average molecular weight is 478 g/mol. The van der Waals surface area contributed by atoms with Crippen LogP contribution in [-0.2, 0) is 14.3 Å². The van der Waals surface area contributed by atoms with Gasteiger partial charge in [0.1, 0.15) is 12.6 Å². The average Bonchev–Trinajstić information content (AvgIpc) is 3.10. The van der Waals surface area contributed by atoms with Crippen molar-refractivity contribution in [2.75, 3.05) is 6.61 Å². The number of nitrogens with one attached hydrogen (secondary N) is 2. The number of rotatable bonds is 8. The topological polar surface area (TPSA) is 105 Å². The van der Waals surface area contributed by atoms with Crippen LogP contribution in [-0.4, -0.2) is 47.4 Å². The van der Waals surface area contributed by atoms with E-state index in [4.69, 9.17) is 9.84 Å². The fraction of sp³-hybridized carbons (Fsp3) is 0.375. The molecule has 2 amide bonds. The molecular weight excluding hydrogens is 453 g/mol. The lowest BCUT2D eigenvalue weighted by molar-refractivity contribution is -0.207. The van der Waals surface area contributed by atoms with E-state index in [0.717, 1.165) is 22.3 Å². The van der Waals surface area contributed by atoms with Crippen LogP contribution in [0.2, 0.25) is 0 Å². The Balaban J connectivity index is 1.69. The van der Waals surface area contributed by atoms with Crippen molar-refractivity contribution in [1.82, 2.24) is 10.6 Å². The van der Waals surface area contributed by atoms with Crippen molar-refractivity contribution in [3.8, 4) is 11.1 Å². The van der Waals surface area contributed by atoms with Crippen LogP contribution >= 0.6 is 0 Å². The number of carbonyl (C=O) groups excluding carboxylic acids is 2. The molecule has 1 unspecified atom stereocenters. The van der Waals surface area contributed by atoms with Crippen molar-refractivity contribution in [2.24, 2.45) is 0 Å². The Morgan fingerprint density at radius 2 is 1.56 bits per heavy atom. The zero-order valence-electron chi connectivity index (χ0n) is 18.6. The Morgan fingerprint density at radius 3 is 2.03 bits per heavy atom. The zero-order chi connectivity index (χ0) is 25.1. The zero-order valence-corrected chi connectivity index (χ0v) is 18.6. The van der Waals surface area contributed by atoms with Crippen molar-refractivity contribution >= 4 is 18.0 Å². The van der Waals surface area contributed by atoms with Gasteiger partial charge in [0.15, 0.2) is 0 Å². The molecule has 7 nitrogen and oxygen atoms in total. The second kappa shape index (κ2) is 9.74. The first-order valence-electron chi connectivity index (χ1n) is 10.7. The molecule has 3 rings (SSSR count). The van der Waals surface area contributed by atoms with Gasteiger partial charge in [0.2, 0.25) is 11.4 Å². The first-order chi connectivity index (χ1) is 16.0. The number of aliphatic carboxylic acids is 1. The molecule has 1 aliphatic carbocycles. The van der Waals surface area contributed by atoms with E-state index in [0.29, 0.717) is 13.3 Å². The summed E-state index contributed by atoms with van der Waals surface area (Å²) < 4.78 is 45.1. The molecule has 1 aliphatic rings. The summed E-state index contributed by atoms with van der Waals surface area (Å²) in [5.74, 6) is -3.76. The summed E-state index contributed by atoms with van der Waals surface area (Å²) in [5.41, 5.74) is 0.494. The monoisotopic (exact) mass is 478 g/mol. The maximum Gasteiger partial charge on any atom is 0.422 e. The van der Waals surface area contributed by atoms with E-state index in [-0.39, 0.29) is 18.9 Å². The van der Waals surface area contributed by atoms with Crippen molar-refractivity contribution < 1.29 is 37.4 Å². The standard InChI is InChI=1S/C24H25F3N2O5/c1-3-8-19(20(30)29-23(2,21(31)32)24(25,26)27)28-22(33)34-13-18-16-11-6-4-9-14(16)15-10-5-7-12-17(15)18/h4-7,9-12,18-19H,3,8,13H2,1-2H3,(H,28,33)(H,29,30)(H,31,32)/t19-,23?/m1/s1. The lowest BCUT2D eigenvalue weighted by Crippen LogP contribution is -2.64. The van der Waals surface area contributed by atoms with Gasteiger partial charge < -0.3 is 20.5 Å². The van der Waals surface area contributed by atoms with Gasteiger partial charge in [0.05, 0.1) is 0 Å². The number of hydrogen-bond donors (Lipinski definition) is 3. The van der Waals surface area contributed by atoms with Gasteiger partial charge in [-0.2, -0.15) is 13.2 Å². The molecule has 34 heavy (non-hydrogen) atoms. The molecule has 0 fully saturated rings. The molecule has 0 spiro atoms. The number of amides is 2. The van der Waals surface area contributed by atoms with E-state index in [2.05, 4.69) is 5.32 Å². The second-order valence-corrected chi connectivity index (χ2v) is 8.23. The third-order valence-corrected chi connectivity index (χ3v) is 5.90. The number of hydrogen-bond acceptors (Lipinski definition) is 4. The van der Waals surface area contributed by atoms with Crippen LogP contribution < -0.4 is 10.6 Å². The number of benzene rings is 2. The van der Waals surface area contributed by atoms with E-state index >= 15 is 0 Å². The largest absolute Gasteiger partial charge is 0.479 e. The number of carboxylic acids is 1. The summed E-state index contributed by atoms with van der Waals surface area (Å²) >= 11 is 0. The maximum atomic E-state index is 13.3. The normalized spacial score (nSPS) is 15.4. The number of alkyl carbamates (subject to hydrolysis) is 1. The molecule has 10 heteroatoms. The minimum Gasteiger partial charge on any atom is -0.479 e. The Hall–Kier alpha value is -3.56. The predicted molar refractivity (Wildman–Crippen MR) is 117 cm³/mol.